The summed E-state index contributed by atoms with van der Waals surface area (Å²) in [7, 11) is 1.40. The standard InChI is InChI=1S/C24H28N2O6/c1-4-20(23(28)29)25-22(27)21(14(2)31-3)26-24(30)32-13-19-17-11-7-5-9-15(17)16-10-6-8-12-18(16)19/h5-12,14,19-21H,4,13H2,1-3H3,(H,25,27)(H,26,30)(H,28,29)/t14-,20+,21+/m1/s1. The van der Waals surface area contributed by atoms with Crippen LogP contribution in [0.5, 0.6) is 0 Å². The van der Waals surface area contributed by atoms with Gasteiger partial charge in [0.1, 0.15) is 18.7 Å². The lowest BCUT2D eigenvalue weighted by molar-refractivity contribution is -0.142. The molecule has 2 amide bonds. The largest absolute Gasteiger partial charge is 0.480 e. The molecule has 0 saturated heterocycles. The van der Waals surface area contributed by atoms with Crippen molar-refractivity contribution in [2.45, 2.75) is 44.4 Å². The number of hydrogen-bond donors (Lipinski definition) is 3. The van der Waals surface area contributed by atoms with Gasteiger partial charge in [0.15, 0.2) is 0 Å². The quantitative estimate of drug-likeness (QED) is 0.553. The normalized spacial score (nSPS) is 15.1. The maximum absolute atomic E-state index is 12.6. The average molecular weight is 440 g/mol. The predicted molar refractivity (Wildman–Crippen MR) is 118 cm³/mol. The number of carboxylic acids is 1. The zero-order valence-electron chi connectivity index (χ0n) is 18.3. The molecule has 0 bridgehead atoms. The lowest BCUT2D eigenvalue weighted by Crippen LogP contribution is -2.56. The Labute approximate surface area is 186 Å². The second-order valence-electron chi connectivity index (χ2n) is 7.70. The molecule has 1 aliphatic carbocycles. The number of carboxylic acid groups (broad SMARTS) is 1. The zero-order valence-corrected chi connectivity index (χ0v) is 18.3. The number of benzene rings is 2. The highest BCUT2D eigenvalue weighted by molar-refractivity contribution is 5.89. The molecule has 3 N–H and O–H groups in total. The van der Waals surface area contributed by atoms with E-state index >= 15 is 0 Å². The third-order valence-corrected chi connectivity index (χ3v) is 5.76. The number of carbonyl (C=O) groups is 3. The number of ether oxygens (including phenoxy) is 2. The zero-order chi connectivity index (χ0) is 23.3. The van der Waals surface area contributed by atoms with Gasteiger partial charge >= 0.3 is 12.1 Å². The molecule has 8 nitrogen and oxygen atoms in total. The van der Waals surface area contributed by atoms with Crippen LogP contribution in [0, 0.1) is 0 Å². The van der Waals surface area contributed by atoms with Crippen LogP contribution in [0.1, 0.15) is 37.3 Å². The average Bonchev–Trinajstić information content (AvgIpc) is 3.12. The van der Waals surface area contributed by atoms with Crippen molar-refractivity contribution < 1.29 is 29.0 Å². The van der Waals surface area contributed by atoms with Gasteiger partial charge in [-0.05, 0) is 35.6 Å². The van der Waals surface area contributed by atoms with Gasteiger partial charge in [-0.25, -0.2) is 9.59 Å². The van der Waals surface area contributed by atoms with E-state index in [2.05, 4.69) is 10.6 Å². The summed E-state index contributed by atoms with van der Waals surface area (Å²) in [6.45, 7) is 3.35. The van der Waals surface area contributed by atoms with Crippen LogP contribution in [0.2, 0.25) is 0 Å². The van der Waals surface area contributed by atoms with Crippen LogP contribution < -0.4 is 10.6 Å². The first-order chi connectivity index (χ1) is 15.4. The van der Waals surface area contributed by atoms with Crippen molar-refractivity contribution in [2.75, 3.05) is 13.7 Å². The fraction of sp³-hybridized carbons (Fsp3) is 0.375. The van der Waals surface area contributed by atoms with Crippen molar-refractivity contribution in [1.82, 2.24) is 10.6 Å². The van der Waals surface area contributed by atoms with E-state index in [1.807, 2.05) is 48.5 Å². The molecule has 1 aliphatic rings. The minimum atomic E-state index is -1.15. The molecule has 8 heteroatoms. The van der Waals surface area contributed by atoms with E-state index in [-0.39, 0.29) is 18.9 Å². The molecule has 170 valence electrons. The van der Waals surface area contributed by atoms with Gasteiger partial charge in [0.25, 0.3) is 0 Å². The topological polar surface area (TPSA) is 114 Å². The number of amides is 2. The van der Waals surface area contributed by atoms with Gasteiger partial charge in [-0.3, -0.25) is 4.79 Å². The van der Waals surface area contributed by atoms with E-state index in [9.17, 15) is 19.5 Å². The molecule has 3 atom stereocenters. The molecular formula is C24H28N2O6. The molecule has 2 aromatic rings. The molecule has 0 unspecified atom stereocenters. The molecule has 0 aliphatic heterocycles. The number of methoxy groups -OCH3 is 1. The highest BCUT2D eigenvalue weighted by atomic mass is 16.5. The van der Waals surface area contributed by atoms with Gasteiger partial charge in [0.05, 0.1) is 6.10 Å². The first-order valence-corrected chi connectivity index (χ1v) is 10.5. The summed E-state index contributed by atoms with van der Waals surface area (Å²) < 4.78 is 10.7. The van der Waals surface area contributed by atoms with E-state index in [4.69, 9.17) is 9.47 Å². The maximum Gasteiger partial charge on any atom is 0.407 e. The van der Waals surface area contributed by atoms with E-state index in [0.29, 0.717) is 0 Å². The number of alkyl carbamates (subject to hydrolysis) is 1. The fourth-order valence-electron chi connectivity index (χ4n) is 3.90. The predicted octanol–water partition coefficient (Wildman–Crippen LogP) is 2.91. The summed E-state index contributed by atoms with van der Waals surface area (Å²) in [5.41, 5.74) is 4.38. The van der Waals surface area contributed by atoms with Crippen molar-refractivity contribution in [2.24, 2.45) is 0 Å². The van der Waals surface area contributed by atoms with Crippen LogP contribution in [0.15, 0.2) is 48.5 Å². The third-order valence-electron chi connectivity index (χ3n) is 5.76. The minimum absolute atomic E-state index is 0.0995. The fourth-order valence-corrected chi connectivity index (χ4v) is 3.90. The summed E-state index contributed by atoms with van der Waals surface area (Å²) in [5.74, 6) is -1.91. The van der Waals surface area contributed by atoms with Crippen molar-refractivity contribution in [1.29, 1.82) is 0 Å². The summed E-state index contributed by atoms with van der Waals surface area (Å²) in [6.07, 6.45) is -1.26. The molecule has 0 spiro atoms. The Morgan fingerprint density at radius 3 is 2.06 bits per heavy atom. The van der Waals surface area contributed by atoms with Gasteiger partial charge in [-0.15, -0.1) is 0 Å². The number of hydrogen-bond acceptors (Lipinski definition) is 5. The smallest absolute Gasteiger partial charge is 0.407 e. The molecule has 32 heavy (non-hydrogen) atoms. The van der Waals surface area contributed by atoms with Gasteiger partial charge < -0.3 is 25.2 Å². The number of fused-ring (bicyclic) bond motifs is 3. The Bertz CT molecular complexity index is 946. The monoisotopic (exact) mass is 440 g/mol. The van der Waals surface area contributed by atoms with Gasteiger partial charge in [0.2, 0.25) is 5.91 Å². The van der Waals surface area contributed by atoms with E-state index < -0.39 is 36.2 Å². The number of carbonyl (C=O) groups excluding carboxylic acids is 2. The Morgan fingerprint density at radius 2 is 1.56 bits per heavy atom. The van der Waals surface area contributed by atoms with Crippen LogP contribution in [0.3, 0.4) is 0 Å². The van der Waals surface area contributed by atoms with Crippen LogP contribution in [-0.4, -0.2) is 55.0 Å². The van der Waals surface area contributed by atoms with E-state index in [1.54, 1.807) is 13.8 Å². The lowest BCUT2D eigenvalue weighted by atomic mass is 9.98. The summed E-state index contributed by atoms with van der Waals surface area (Å²) in [4.78, 5) is 36.4. The van der Waals surface area contributed by atoms with Crippen molar-refractivity contribution >= 4 is 18.0 Å². The first kappa shape index (κ1) is 23.3. The molecule has 3 rings (SSSR count). The van der Waals surface area contributed by atoms with Crippen LogP contribution >= 0.6 is 0 Å². The Hall–Kier alpha value is -3.39. The van der Waals surface area contributed by atoms with Crippen molar-refractivity contribution in [3.8, 4) is 11.1 Å². The highest BCUT2D eigenvalue weighted by Gasteiger charge is 2.32. The van der Waals surface area contributed by atoms with Gasteiger partial charge in [-0.1, -0.05) is 55.5 Å². The van der Waals surface area contributed by atoms with Gasteiger partial charge in [-0.2, -0.15) is 0 Å². The number of aliphatic carboxylic acids is 1. The van der Waals surface area contributed by atoms with Crippen LogP contribution in [0.4, 0.5) is 4.79 Å². The molecule has 0 saturated carbocycles. The Kier molecular flexibility index (Phi) is 7.48. The van der Waals surface area contributed by atoms with Crippen LogP contribution in [0.25, 0.3) is 11.1 Å². The minimum Gasteiger partial charge on any atom is -0.480 e. The lowest BCUT2D eigenvalue weighted by Gasteiger charge is -2.25. The molecule has 0 heterocycles. The van der Waals surface area contributed by atoms with Gasteiger partial charge in [0, 0.05) is 13.0 Å². The van der Waals surface area contributed by atoms with E-state index in [0.717, 1.165) is 22.3 Å². The summed E-state index contributed by atoms with van der Waals surface area (Å²) in [5, 5.41) is 14.1. The maximum atomic E-state index is 12.6. The van der Waals surface area contributed by atoms with Crippen molar-refractivity contribution in [3.63, 3.8) is 0 Å². The number of nitrogens with one attached hydrogen (secondary N) is 2. The SMILES string of the molecule is CC[C@H](NC(=O)[C@@H](NC(=O)OCC1c2ccccc2-c2ccccc21)[C@@H](C)OC)C(=O)O. The van der Waals surface area contributed by atoms with Crippen molar-refractivity contribution in [3.05, 3.63) is 59.7 Å². The summed E-state index contributed by atoms with van der Waals surface area (Å²) >= 11 is 0. The highest BCUT2D eigenvalue weighted by Crippen LogP contribution is 2.44. The Morgan fingerprint density at radius 1 is 1.00 bits per heavy atom. The Balaban J connectivity index is 1.68. The molecular weight excluding hydrogens is 412 g/mol. The first-order valence-electron chi connectivity index (χ1n) is 10.5. The molecule has 0 aromatic heterocycles. The third kappa shape index (κ3) is 4.91. The second-order valence-corrected chi connectivity index (χ2v) is 7.70. The molecule has 2 aromatic carbocycles. The van der Waals surface area contributed by atoms with Crippen LogP contribution in [-0.2, 0) is 19.1 Å². The molecule has 0 fully saturated rings. The van der Waals surface area contributed by atoms with E-state index in [1.165, 1.54) is 7.11 Å². The second kappa shape index (κ2) is 10.3. The number of rotatable bonds is 9. The molecule has 0 radical (unpaired) electrons. The summed E-state index contributed by atoms with van der Waals surface area (Å²) in [6, 6.07) is 13.8.